The van der Waals surface area contributed by atoms with Gasteiger partial charge in [-0.1, -0.05) is 24.3 Å². The third kappa shape index (κ3) is 5.31. The fraction of sp³-hybridized carbons (Fsp3) is 0.562. The molecule has 0 radical (unpaired) electrons. The topological polar surface area (TPSA) is 50.4 Å². The van der Waals surface area contributed by atoms with Gasteiger partial charge in [-0.25, -0.2) is 0 Å². The first-order valence-corrected chi connectivity index (χ1v) is 7.14. The number of amides is 1. The van der Waals surface area contributed by atoms with Gasteiger partial charge in [-0.2, -0.15) is 0 Å². The predicted molar refractivity (Wildman–Crippen MR) is 81.7 cm³/mol. The Morgan fingerprint density at radius 3 is 2.65 bits per heavy atom. The molecule has 1 amide bonds. The number of carbonyl (C=O) groups is 1. The van der Waals surface area contributed by atoms with Crippen LogP contribution in [0.2, 0.25) is 0 Å². The van der Waals surface area contributed by atoms with Gasteiger partial charge in [0.05, 0.1) is 6.04 Å². The monoisotopic (exact) mass is 278 g/mol. The quantitative estimate of drug-likeness (QED) is 0.717. The maximum atomic E-state index is 11.9. The van der Waals surface area contributed by atoms with Crippen LogP contribution in [0.4, 0.5) is 0 Å². The van der Waals surface area contributed by atoms with E-state index in [9.17, 15) is 4.79 Å². The van der Waals surface area contributed by atoms with Crippen LogP contribution < -0.4 is 10.6 Å². The highest BCUT2D eigenvalue weighted by Crippen LogP contribution is 2.17. The third-order valence-corrected chi connectivity index (χ3v) is 3.37. The largest absolute Gasteiger partial charge is 0.385 e. The lowest BCUT2D eigenvalue weighted by molar-refractivity contribution is -0.122. The summed E-state index contributed by atoms with van der Waals surface area (Å²) in [6.07, 6.45) is 0.836. The SMILES string of the molecule is COCCCNC(=O)C(C)N[C@@H](C)c1ccccc1C. The Kier molecular flexibility index (Phi) is 7.26. The van der Waals surface area contributed by atoms with Gasteiger partial charge >= 0.3 is 0 Å². The molecule has 0 aliphatic heterocycles. The average Bonchev–Trinajstić information content (AvgIpc) is 2.43. The van der Waals surface area contributed by atoms with Crippen molar-refractivity contribution >= 4 is 5.91 Å². The minimum Gasteiger partial charge on any atom is -0.385 e. The number of aryl methyl sites for hydroxylation is 1. The molecule has 1 aromatic carbocycles. The van der Waals surface area contributed by atoms with Crippen molar-refractivity contribution in [2.75, 3.05) is 20.3 Å². The average molecular weight is 278 g/mol. The smallest absolute Gasteiger partial charge is 0.236 e. The van der Waals surface area contributed by atoms with Gasteiger partial charge in [-0.15, -0.1) is 0 Å². The van der Waals surface area contributed by atoms with Crippen molar-refractivity contribution in [3.05, 3.63) is 35.4 Å². The summed E-state index contributed by atoms with van der Waals surface area (Å²) in [5.41, 5.74) is 2.46. The molecule has 20 heavy (non-hydrogen) atoms. The summed E-state index contributed by atoms with van der Waals surface area (Å²) in [4.78, 5) is 11.9. The summed E-state index contributed by atoms with van der Waals surface area (Å²) in [5, 5.41) is 6.24. The minimum absolute atomic E-state index is 0.0292. The van der Waals surface area contributed by atoms with Gasteiger partial charge in [0.2, 0.25) is 5.91 Å². The van der Waals surface area contributed by atoms with Crippen LogP contribution in [0.1, 0.15) is 37.4 Å². The van der Waals surface area contributed by atoms with E-state index in [1.54, 1.807) is 7.11 Å². The number of carbonyl (C=O) groups excluding carboxylic acids is 1. The number of methoxy groups -OCH3 is 1. The van der Waals surface area contributed by atoms with E-state index >= 15 is 0 Å². The van der Waals surface area contributed by atoms with Crippen LogP contribution in [0.3, 0.4) is 0 Å². The number of hydrogen-bond acceptors (Lipinski definition) is 3. The lowest BCUT2D eigenvalue weighted by atomic mass is 10.0. The Morgan fingerprint density at radius 2 is 2.00 bits per heavy atom. The molecule has 4 nitrogen and oxygen atoms in total. The molecular weight excluding hydrogens is 252 g/mol. The molecular formula is C16H26N2O2. The molecule has 0 spiro atoms. The lowest BCUT2D eigenvalue weighted by Gasteiger charge is -2.21. The summed E-state index contributed by atoms with van der Waals surface area (Å²) < 4.78 is 4.95. The summed E-state index contributed by atoms with van der Waals surface area (Å²) in [5.74, 6) is 0.0292. The Balaban J connectivity index is 2.43. The second kappa shape index (κ2) is 8.72. The molecule has 0 saturated heterocycles. The minimum atomic E-state index is -0.216. The lowest BCUT2D eigenvalue weighted by Crippen LogP contribution is -2.43. The van der Waals surface area contributed by atoms with Crippen molar-refractivity contribution in [1.82, 2.24) is 10.6 Å². The Morgan fingerprint density at radius 1 is 1.30 bits per heavy atom. The number of hydrogen-bond donors (Lipinski definition) is 2. The highest BCUT2D eigenvalue weighted by atomic mass is 16.5. The number of nitrogens with one attached hydrogen (secondary N) is 2. The third-order valence-electron chi connectivity index (χ3n) is 3.37. The zero-order chi connectivity index (χ0) is 15.0. The molecule has 1 rings (SSSR count). The molecule has 0 fully saturated rings. The second-order valence-corrected chi connectivity index (χ2v) is 5.10. The molecule has 0 heterocycles. The Hall–Kier alpha value is -1.39. The van der Waals surface area contributed by atoms with Crippen LogP contribution in [-0.2, 0) is 9.53 Å². The van der Waals surface area contributed by atoms with Crippen molar-refractivity contribution in [2.24, 2.45) is 0 Å². The van der Waals surface area contributed by atoms with E-state index in [4.69, 9.17) is 4.74 Å². The predicted octanol–water partition coefficient (Wildman–Crippen LogP) is 2.19. The Bertz CT molecular complexity index is 421. The van der Waals surface area contributed by atoms with E-state index in [0.29, 0.717) is 13.2 Å². The molecule has 4 heteroatoms. The van der Waals surface area contributed by atoms with Crippen molar-refractivity contribution in [1.29, 1.82) is 0 Å². The first-order chi connectivity index (χ1) is 9.56. The van der Waals surface area contributed by atoms with Crippen LogP contribution in [-0.4, -0.2) is 32.2 Å². The van der Waals surface area contributed by atoms with Gasteiger partial charge in [-0.05, 0) is 38.3 Å². The number of ether oxygens (including phenoxy) is 1. The first kappa shape index (κ1) is 16.7. The van der Waals surface area contributed by atoms with Gasteiger partial charge in [0.1, 0.15) is 0 Å². The molecule has 1 aromatic rings. The van der Waals surface area contributed by atoms with Crippen LogP contribution >= 0.6 is 0 Å². The summed E-state index contributed by atoms with van der Waals surface area (Å²) in [6, 6.07) is 8.16. The molecule has 0 aliphatic rings. The molecule has 0 bridgehead atoms. The van der Waals surface area contributed by atoms with Crippen molar-refractivity contribution in [3.8, 4) is 0 Å². The van der Waals surface area contributed by atoms with Crippen LogP contribution in [0.15, 0.2) is 24.3 Å². The first-order valence-electron chi connectivity index (χ1n) is 7.14. The van der Waals surface area contributed by atoms with Gasteiger partial charge in [0, 0.05) is 26.3 Å². The van der Waals surface area contributed by atoms with E-state index in [-0.39, 0.29) is 18.0 Å². The van der Waals surface area contributed by atoms with Gasteiger partial charge < -0.3 is 10.1 Å². The Labute approximate surface area is 121 Å². The van der Waals surface area contributed by atoms with Crippen LogP contribution in [0.25, 0.3) is 0 Å². The summed E-state index contributed by atoms with van der Waals surface area (Å²) in [6.45, 7) is 7.37. The van der Waals surface area contributed by atoms with E-state index in [1.165, 1.54) is 11.1 Å². The molecule has 0 aliphatic carbocycles. The summed E-state index contributed by atoms with van der Waals surface area (Å²) in [7, 11) is 1.66. The van der Waals surface area contributed by atoms with Gasteiger partial charge in [-0.3, -0.25) is 10.1 Å². The van der Waals surface area contributed by atoms with E-state index in [1.807, 2.05) is 19.1 Å². The van der Waals surface area contributed by atoms with Crippen LogP contribution in [0, 0.1) is 6.92 Å². The van der Waals surface area contributed by atoms with Gasteiger partial charge in [0.25, 0.3) is 0 Å². The highest BCUT2D eigenvalue weighted by Gasteiger charge is 2.16. The van der Waals surface area contributed by atoms with Crippen molar-refractivity contribution in [2.45, 2.75) is 39.3 Å². The fourth-order valence-electron chi connectivity index (χ4n) is 2.19. The molecule has 0 aromatic heterocycles. The normalized spacial score (nSPS) is 13.8. The molecule has 0 saturated carbocycles. The molecule has 2 N–H and O–H groups in total. The maximum Gasteiger partial charge on any atom is 0.236 e. The van der Waals surface area contributed by atoms with E-state index in [0.717, 1.165) is 6.42 Å². The zero-order valence-corrected chi connectivity index (χ0v) is 12.9. The van der Waals surface area contributed by atoms with Gasteiger partial charge in [0.15, 0.2) is 0 Å². The van der Waals surface area contributed by atoms with E-state index < -0.39 is 0 Å². The standard InChI is InChI=1S/C16H26N2O2/c1-12-8-5-6-9-15(12)13(2)18-14(3)16(19)17-10-7-11-20-4/h5-6,8-9,13-14,18H,7,10-11H2,1-4H3,(H,17,19)/t13-,14?/m0/s1. The van der Waals surface area contributed by atoms with E-state index in [2.05, 4.69) is 36.6 Å². The highest BCUT2D eigenvalue weighted by molar-refractivity contribution is 5.81. The van der Waals surface area contributed by atoms with Crippen molar-refractivity contribution < 1.29 is 9.53 Å². The van der Waals surface area contributed by atoms with Crippen LogP contribution in [0.5, 0.6) is 0 Å². The maximum absolute atomic E-state index is 11.9. The van der Waals surface area contributed by atoms with Crippen molar-refractivity contribution in [3.63, 3.8) is 0 Å². The second-order valence-electron chi connectivity index (χ2n) is 5.10. The fourth-order valence-corrected chi connectivity index (χ4v) is 2.19. The molecule has 1 unspecified atom stereocenters. The molecule has 2 atom stereocenters. The number of rotatable bonds is 8. The number of benzene rings is 1. The summed E-state index contributed by atoms with van der Waals surface area (Å²) >= 11 is 0. The molecule has 112 valence electrons. The zero-order valence-electron chi connectivity index (χ0n) is 12.9.